The van der Waals surface area contributed by atoms with Crippen LogP contribution in [0.2, 0.25) is 5.02 Å². The maximum atomic E-state index is 10.5. The molecule has 0 aliphatic heterocycles. The molecule has 0 bridgehead atoms. The summed E-state index contributed by atoms with van der Waals surface area (Å²) in [6.45, 7) is 0. The molecule has 3 aromatic carbocycles. The van der Waals surface area contributed by atoms with Crippen LogP contribution < -0.4 is 0 Å². The highest BCUT2D eigenvalue weighted by Gasteiger charge is 2.12. The monoisotopic (exact) mass is 311 g/mol. The summed E-state index contributed by atoms with van der Waals surface area (Å²) in [4.78, 5) is 4.59. The number of hydrogen-bond acceptors (Lipinski definition) is 3. The molecule has 0 atom stereocenters. The van der Waals surface area contributed by atoms with E-state index >= 15 is 0 Å². The molecule has 0 amide bonds. The lowest BCUT2D eigenvalue weighted by Crippen LogP contribution is -1.80. The normalized spacial score (nSPS) is 11.3. The third-order valence-corrected chi connectivity index (χ3v) is 4.77. The van der Waals surface area contributed by atoms with E-state index in [1.807, 2.05) is 54.6 Å². The topological polar surface area (TPSA) is 33.1 Å². The van der Waals surface area contributed by atoms with Crippen molar-refractivity contribution in [3.63, 3.8) is 0 Å². The number of thiazole rings is 1. The minimum absolute atomic E-state index is 0.276. The van der Waals surface area contributed by atoms with Crippen LogP contribution >= 0.6 is 22.9 Å². The van der Waals surface area contributed by atoms with Crippen LogP contribution in [0.1, 0.15) is 0 Å². The number of phenolic OH excluding ortho intramolecular Hbond substituents is 1. The van der Waals surface area contributed by atoms with Gasteiger partial charge in [0, 0.05) is 10.4 Å². The van der Waals surface area contributed by atoms with Crippen molar-refractivity contribution in [1.29, 1.82) is 0 Å². The number of benzene rings is 3. The van der Waals surface area contributed by atoms with Crippen molar-refractivity contribution in [1.82, 2.24) is 4.98 Å². The van der Waals surface area contributed by atoms with E-state index in [0.29, 0.717) is 5.02 Å². The second kappa shape index (κ2) is 4.72. The second-order valence-electron chi connectivity index (χ2n) is 4.81. The number of aromatic hydroxyl groups is 1. The van der Waals surface area contributed by atoms with E-state index in [-0.39, 0.29) is 5.75 Å². The highest BCUT2D eigenvalue weighted by molar-refractivity contribution is 7.21. The Labute approximate surface area is 130 Å². The smallest absolute Gasteiger partial charge is 0.133 e. The summed E-state index contributed by atoms with van der Waals surface area (Å²) in [6, 6.07) is 17.3. The molecule has 0 saturated carbocycles. The Bertz CT molecular complexity index is 977. The largest absolute Gasteiger partial charge is 0.507 e. The average molecular weight is 312 g/mol. The van der Waals surface area contributed by atoms with Gasteiger partial charge in [-0.05, 0) is 29.7 Å². The van der Waals surface area contributed by atoms with E-state index in [0.717, 1.165) is 31.6 Å². The van der Waals surface area contributed by atoms with E-state index in [9.17, 15) is 5.11 Å². The SMILES string of the molecule is Oc1c(-c2nc3ccc(Cl)cc3s2)ccc2ccccc12. The zero-order valence-electron chi connectivity index (χ0n) is 10.9. The third kappa shape index (κ3) is 2.06. The molecule has 102 valence electrons. The zero-order chi connectivity index (χ0) is 14.4. The molecule has 4 rings (SSSR count). The van der Waals surface area contributed by atoms with Crippen molar-refractivity contribution < 1.29 is 5.11 Å². The van der Waals surface area contributed by atoms with E-state index in [1.165, 1.54) is 11.3 Å². The maximum Gasteiger partial charge on any atom is 0.133 e. The van der Waals surface area contributed by atoms with Crippen LogP contribution in [-0.4, -0.2) is 10.1 Å². The first-order valence-electron chi connectivity index (χ1n) is 6.49. The van der Waals surface area contributed by atoms with Gasteiger partial charge in [0.25, 0.3) is 0 Å². The Kier molecular flexibility index (Phi) is 2.84. The van der Waals surface area contributed by atoms with Crippen LogP contribution in [0.4, 0.5) is 0 Å². The van der Waals surface area contributed by atoms with Gasteiger partial charge < -0.3 is 5.11 Å². The summed E-state index contributed by atoms with van der Waals surface area (Å²) in [6.07, 6.45) is 0. The number of hydrogen-bond donors (Lipinski definition) is 1. The molecule has 0 spiro atoms. The lowest BCUT2D eigenvalue weighted by atomic mass is 10.1. The Morgan fingerprint density at radius 1 is 1.00 bits per heavy atom. The average Bonchev–Trinajstić information content (AvgIpc) is 2.90. The zero-order valence-corrected chi connectivity index (χ0v) is 12.4. The predicted octanol–water partition coefficient (Wildman–Crippen LogP) is 5.48. The Morgan fingerprint density at radius 2 is 1.86 bits per heavy atom. The van der Waals surface area contributed by atoms with Crippen molar-refractivity contribution in [3.05, 3.63) is 59.6 Å². The summed E-state index contributed by atoms with van der Waals surface area (Å²) >= 11 is 7.54. The van der Waals surface area contributed by atoms with Gasteiger partial charge in [0.1, 0.15) is 10.8 Å². The molecule has 4 heteroatoms. The van der Waals surface area contributed by atoms with Gasteiger partial charge in [-0.3, -0.25) is 0 Å². The Morgan fingerprint density at radius 3 is 2.76 bits per heavy atom. The van der Waals surface area contributed by atoms with E-state index < -0.39 is 0 Å². The summed E-state index contributed by atoms with van der Waals surface area (Å²) in [5.41, 5.74) is 1.65. The summed E-state index contributed by atoms with van der Waals surface area (Å²) in [5, 5.41) is 13.9. The van der Waals surface area contributed by atoms with Crippen LogP contribution in [0.5, 0.6) is 5.75 Å². The second-order valence-corrected chi connectivity index (χ2v) is 6.28. The standard InChI is InChI=1S/C17H10ClNOS/c18-11-6-8-14-15(9-11)21-17(19-14)13-7-5-10-3-1-2-4-12(10)16(13)20/h1-9,20H. The van der Waals surface area contributed by atoms with E-state index in [1.54, 1.807) is 0 Å². The van der Waals surface area contributed by atoms with E-state index in [4.69, 9.17) is 11.6 Å². The van der Waals surface area contributed by atoms with Crippen molar-refractivity contribution in [2.24, 2.45) is 0 Å². The summed E-state index contributed by atoms with van der Waals surface area (Å²) in [5.74, 6) is 0.276. The molecule has 0 unspecified atom stereocenters. The number of nitrogens with zero attached hydrogens (tertiary/aromatic N) is 1. The fraction of sp³-hybridized carbons (Fsp3) is 0. The van der Waals surface area contributed by atoms with Crippen LogP contribution in [0, 0.1) is 0 Å². The van der Waals surface area contributed by atoms with Gasteiger partial charge in [-0.2, -0.15) is 0 Å². The minimum Gasteiger partial charge on any atom is -0.507 e. The molecule has 0 fully saturated rings. The molecule has 21 heavy (non-hydrogen) atoms. The molecule has 2 nitrogen and oxygen atoms in total. The number of fused-ring (bicyclic) bond motifs is 2. The van der Waals surface area contributed by atoms with Gasteiger partial charge in [-0.1, -0.05) is 41.9 Å². The highest BCUT2D eigenvalue weighted by Crippen LogP contribution is 2.39. The Hall–Kier alpha value is -2.10. The first-order valence-corrected chi connectivity index (χ1v) is 7.69. The molecular formula is C17H10ClNOS. The quantitative estimate of drug-likeness (QED) is 0.505. The van der Waals surface area contributed by atoms with Crippen LogP contribution in [0.3, 0.4) is 0 Å². The molecule has 0 saturated heterocycles. The minimum atomic E-state index is 0.276. The lowest BCUT2D eigenvalue weighted by molar-refractivity contribution is 0.483. The third-order valence-electron chi connectivity index (χ3n) is 3.48. The van der Waals surface area contributed by atoms with Crippen LogP contribution in [0.15, 0.2) is 54.6 Å². The molecule has 1 N–H and O–H groups in total. The van der Waals surface area contributed by atoms with Gasteiger partial charge in [0.15, 0.2) is 0 Å². The molecule has 4 aromatic rings. The first-order chi connectivity index (χ1) is 10.2. The molecule has 1 aromatic heterocycles. The molecule has 0 aliphatic carbocycles. The van der Waals surface area contributed by atoms with Gasteiger partial charge in [0.2, 0.25) is 0 Å². The van der Waals surface area contributed by atoms with Gasteiger partial charge in [-0.15, -0.1) is 11.3 Å². The fourth-order valence-electron chi connectivity index (χ4n) is 2.44. The van der Waals surface area contributed by atoms with Gasteiger partial charge in [0.05, 0.1) is 15.8 Å². The first kappa shape index (κ1) is 12.6. The van der Waals surface area contributed by atoms with Crippen molar-refractivity contribution >= 4 is 43.9 Å². The number of phenols is 1. The molecule has 1 heterocycles. The number of rotatable bonds is 1. The fourth-order valence-corrected chi connectivity index (χ4v) is 3.71. The Balaban J connectivity index is 1.97. The van der Waals surface area contributed by atoms with Crippen molar-refractivity contribution in [3.8, 4) is 16.3 Å². The molecule has 0 aliphatic rings. The van der Waals surface area contributed by atoms with Gasteiger partial charge >= 0.3 is 0 Å². The van der Waals surface area contributed by atoms with Crippen LogP contribution in [0.25, 0.3) is 31.6 Å². The molecule has 0 radical (unpaired) electrons. The number of aromatic nitrogens is 1. The predicted molar refractivity (Wildman–Crippen MR) is 89.2 cm³/mol. The van der Waals surface area contributed by atoms with Crippen molar-refractivity contribution in [2.75, 3.05) is 0 Å². The lowest BCUT2D eigenvalue weighted by Gasteiger charge is -2.05. The summed E-state index contributed by atoms with van der Waals surface area (Å²) < 4.78 is 1.02. The molecular weight excluding hydrogens is 302 g/mol. The van der Waals surface area contributed by atoms with Crippen molar-refractivity contribution in [2.45, 2.75) is 0 Å². The highest BCUT2D eigenvalue weighted by atomic mass is 35.5. The van der Waals surface area contributed by atoms with Gasteiger partial charge in [-0.25, -0.2) is 4.98 Å². The number of halogens is 1. The van der Waals surface area contributed by atoms with Crippen LogP contribution in [-0.2, 0) is 0 Å². The van der Waals surface area contributed by atoms with E-state index in [2.05, 4.69) is 4.98 Å². The maximum absolute atomic E-state index is 10.5. The summed E-state index contributed by atoms with van der Waals surface area (Å²) in [7, 11) is 0.